The van der Waals surface area contributed by atoms with E-state index >= 15 is 0 Å². The van der Waals surface area contributed by atoms with Crippen molar-refractivity contribution in [2.75, 3.05) is 13.1 Å². The second-order valence-electron chi connectivity index (χ2n) is 3.67. The summed E-state index contributed by atoms with van der Waals surface area (Å²) in [5, 5.41) is 0. The molecule has 1 heterocycles. The van der Waals surface area contributed by atoms with Crippen molar-refractivity contribution < 1.29 is 22.4 Å². The predicted octanol–water partition coefficient (Wildman–Crippen LogP) is 3.08. The Morgan fingerprint density at radius 1 is 1.47 bits per heavy atom. The Labute approximate surface area is 97.2 Å². The quantitative estimate of drug-likeness (QED) is 0.803. The molecule has 96 valence electrons. The van der Waals surface area contributed by atoms with Gasteiger partial charge in [0.25, 0.3) is 5.91 Å². The fraction of sp³-hybridized carbons (Fsp3) is 0.545. The smallest absolute Gasteiger partial charge is 0.406 e. The molecule has 3 nitrogen and oxygen atoms in total. The Morgan fingerprint density at radius 2 is 2.18 bits per heavy atom. The summed E-state index contributed by atoms with van der Waals surface area (Å²) in [6.45, 7) is 0.686. The van der Waals surface area contributed by atoms with Crippen LogP contribution in [0.5, 0.6) is 0 Å². The van der Waals surface area contributed by atoms with Gasteiger partial charge >= 0.3 is 6.18 Å². The molecule has 17 heavy (non-hydrogen) atoms. The van der Waals surface area contributed by atoms with Crippen LogP contribution in [0.15, 0.2) is 22.8 Å². The number of carbonyl (C=O) groups excluding carboxylic acids is 1. The first kappa shape index (κ1) is 13.6. The van der Waals surface area contributed by atoms with Gasteiger partial charge in [-0.15, -0.1) is 0 Å². The summed E-state index contributed by atoms with van der Waals surface area (Å²) in [5.41, 5.74) is 0. The minimum atomic E-state index is -4.39. The van der Waals surface area contributed by atoms with Gasteiger partial charge in [-0.2, -0.15) is 13.2 Å². The average molecular weight is 249 g/mol. The van der Waals surface area contributed by atoms with E-state index in [2.05, 4.69) is 0 Å². The molecule has 6 heteroatoms. The van der Waals surface area contributed by atoms with E-state index in [0.29, 0.717) is 6.42 Å². The number of hydrogen-bond acceptors (Lipinski definition) is 2. The Morgan fingerprint density at radius 3 is 2.65 bits per heavy atom. The largest absolute Gasteiger partial charge is 0.459 e. The van der Waals surface area contributed by atoms with E-state index in [1.165, 1.54) is 18.4 Å². The van der Waals surface area contributed by atoms with Gasteiger partial charge in [0.1, 0.15) is 6.54 Å². The lowest BCUT2D eigenvalue weighted by Gasteiger charge is -2.22. The molecular weight excluding hydrogens is 235 g/mol. The molecule has 0 unspecified atom stereocenters. The monoisotopic (exact) mass is 249 g/mol. The highest BCUT2D eigenvalue weighted by Crippen LogP contribution is 2.18. The molecule has 0 aromatic carbocycles. The molecule has 0 bridgehead atoms. The molecule has 0 saturated carbocycles. The summed E-state index contributed by atoms with van der Waals surface area (Å²) in [6, 6.07) is 2.83. The Kier molecular flexibility index (Phi) is 4.60. The van der Waals surface area contributed by atoms with Gasteiger partial charge < -0.3 is 9.32 Å². The van der Waals surface area contributed by atoms with Crippen LogP contribution in [0.25, 0.3) is 0 Å². The molecule has 0 saturated heterocycles. The number of hydrogen-bond donors (Lipinski definition) is 0. The molecular formula is C11H14F3NO2. The molecule has 0 N–H and O–H groups in total. The third kappa shape index (κ3) is 4.50. The van der Waals surface area contributed by atoms with Crippen molar-refractivity contribution in [3.63, 3.8) is 0 Å². The van der Waals surface area contributed by atoms with Crippen molar-refractivity contribution >= 4 is 5.91 Å². The molecule has 1 aromatic heterocycles. The van der Waals surface area contributed by atoms with Gasteiger partial charge in [-0.05, 0) is 18.6 Å². The minimum absolute atomic E-state index is 0.0645. The summed E-state index contributed by atoms with van der Waals surface area (Å²) in [6.07, 6.45) is -1.88. The summed E-state index contributed by atoms with van der Waals surface area (Å²) in [4.78, 5) is 12.5. The summed E-state index contributed by atoms with van der Waals surface area (Å²) in [5.74, 6) is -0.786. The van der Waals surface area contributed by atoms with Gasteiger partial charge in [-0.1, -0.05) is 13.3 Å². The van der Waals surface area contributed by atoms with E-state index < -0.39 is 18.6 Å². The zero-order valence-corrected chi connectivity index (χ0v) is 9.46. The van der Waals surface area contributed by atoms with E-state index in [4.69, 9.17) is 4.42 Å². The minimum Gasteiger partial charge on any atom is -0.459 e. The Balaban J connectivity index is 2.72. The maximum Gasteiger partial charge on any atom is 0.406 e. The van der Waals surface area contributed by atoms with Gasteiger partial charge in [0.2, 0.25) is 0 Å². The number of halogens is 3. The van der Waals surface area contributed by atoms with E-state index in [-0.39, 0.29) is 12.3 Å². The van der Waals surface area contributed by atoms with E-state index in [1.54, 1.807) is 0 Å². The normalized spacial score (nSPS) is 11.5. The van der Waals surface area contributed by atoms with E-state index in [0.717, 1.165) is 11.3 Å². The first-order valence-corrected chi connectivity index (χ1v) is 5.33. The lowest BCUT2D eigenvalue weighted by molar-refractivity contribution is -0.141. The van der Waals surface area contributed by atoms with Crippen LogP contribution in [0, 0.1) is 0 Å². The summed E-state index contributed by atoms with van der Waals surface area (Å²) < 4.78 is 41.7. The zero-order chi connectivity index (χ0) is 12.9. The van der Waals surface area contributed by atoms with Gasteiger partial charge in [0.15, 0.2) is 5.76 Å². The van der Waals surface area contributed by atoms with Crippen LogP contribution in [0.4, 0.5) is 13.2 Å². The number of furan rings is 1. The third-order valence-electron chi connectivity index (χ3n) is 2.17. The van der Waals surface area contributed by atoms with Crippen LogP contribution in [-0.4, -0.2) is 30.1 Å². The lowest BCUT2D eigenvalue weighted by Crippen LogP contribution is -2.39. The number of rotatable bonds is 5. The van der Waals surface area contributed by atoms with Crippen LogP contribution in [0.1, 0.15) is 30.3 Å². The van der Waals surface area contributed by atoms with E-state index in [9.17, 15) is 18.0 Å². The van der Waals surface area contributed by atoms with E-state index in [1.807, 2.05) is 6.92 Å². The van der Waals surface area contributed by atoms with Crippen LogP contribution < -0.4 is 0 Å². The zero-order valence-electron chi connectivity index (χ0n) is 9.46. The molecule has 1 amide bonds. The molecule has 0 aliphatic rings. The topological polar surface area (TPSA) is 33.5 Å². The fourth-order valence-corrected chi connectivity index (χ4v) is 1.37. The van der Waals surface area contributed by atoms with Crippen LogP contribution in [0.3, 0.4) is 0 Å². The SMILES string of the molecule is CCCCN(CC(F)(F)F)C(=O)c1ccco1. The maximum atomic E-state index is 12.3. The summed E-state index contributed by atoms with van der Waals surface area (Å²) in [7, 11) is 0. The first-order chi connectivity index (χ1) is 7.94. The number of alkyl halides is 3. The third-order valence-corrected chi connectivity index (χ3v) is 2.17. The number of nitrogens with zero attached hydrogens (tertiary/aromatic N) is 1. The van der Waals surface area contributed by atoms with Gasteiger partial charge in [0, 0.05) is 6.54 Å². The summed E-state index contributed by atoms with van der Waals surface area (Å²) >= 11 is 0. The Hall–Kier alpha value is -1.46. The second kappa shape index (κ2) is 5.75. The fourth-order valence-electron chi connectivity index (χ4n) is 1.37. The Bertz CT molecular complexity index is 346. The highest BCUT2D eigenvalue weighted by molar-refractivity contribution is 5.91. The standard InChI is InChI=1S/C11H14F3NO2/c1-2-3-6-15(8-11(12,13)14)10(16)9-5-4-7-17-9/h4-5,7H,2-3,6,8H2,1H3. The maximum absolute atomic E-state index is 12.3. The molecule has 0 aliphatic heterocycles. The molecule has 0 fully saturated rings. The van der Waals surface area contributed by atoms with Gasteiger partial charge in [-0.3, -0.25) is 4.79 Å². The van der Waals surface area contributed by atoms with Crippen molar-refractivity contribution in [1.82, 2.24) is 4.90 Å². The molecule has 0 spiro atoms. The van der Waals surface area contributed by atoms with Crippen LogP contribution in [0.2, 0.25) is 0 Å². The van der Waals surface area contributed by atoms with Crippen LogP contribution in [-0.2, 0) is 0 Å². The predicted molar refractivity (Wildman–Crippen MR) is 55.6 cm³/mol. The number of carbonyl (C=O) groups is 1. The highest BCUT2D eigenvalue weighted by Gasteiger charge is 2.33. The van der Waals surface area contributed by atoms with Crippen molar-refractivity contribution in [3.8, 4) is 0 Å². The van der Waals surface area contributed by atoms with Crippen molar-refractivity contribution in [1.29, 1.82) is 0 Å². The van der Waals surface area contributed by atoms with Crippen LogP contribution >= 0.6 is 0 Å². The molecule has 0 aliphatic carbocycles. The first-order valence-electron chi connectivity index (χ1n) is 5.33. The number of amides is 1. The van der Waals surface area contributed by atoms with Crippen molar-refractivity contribution in [2.24, 2.45) is 0 Å². The molecule has 0 radical (unpaired) electrons. The lowest BCUT2D eigenvalue weighted by atomic mass is 10.3. The molecule has 1 rings (SSSR count). The molecule has 0 atom stereocenters. The average Bonchev–Trinajstić information content (AvgIpc) is 2.74. The number of unbranched alkanes of at least 4 members (excludes halogenated alkanes) is 1. The van der Waals surface area contributed by atoms with Crippen molar-refractivity contribution in [3.05, 3.63) is 24.2 Å². The molecule has 1 aromatic rings. The van der Waals surface area contributed by atoms with Crippen molar-refractivity contribution in [2.45, 2.75) is 25.9 Å². The highest BCUT2D eigenvalue weighted by atomic mass is 19.4. The van der Waals surface area contributed by atoms with Gasteiger partial charge in [0.05, 0.1) is 6.26 Å². The second-order valence-corrected chi connectivity index (χ2v) is 3.67. The van der Waals surface area contributed by atoms with Gasteiger partial charge in [-0.25, -0.2) is 0 Å².